The van der Waals surface area contributed by atoms with Crippen LogP contribution >= 0.6 is 0 Å². The Hall–Kier alpha value is 0.177. The molecule has 0 aromatic heterocycles. The maximum atomic E-state index is 11.4. The van der Waals surface area contributed by atoms with Gasteiger partial charge in [-0.2, -0.15) is 0 Å². The molecule has 0 amide bonds. The average Bonchev–Trinajstić information content (AvgIpc) is 3.32. The van der Waals surface area contributed by atoms with Crippen LogP contribution < -0.4 is 0 Å². The second kappa shape index (κ2) is 2.05. The predicted octanol–water partition coefficient (Wildman–Crippen LogP) is 3.41. The standard InChI is InChI=1S/C17H24OSi/c1-19(2)16-9-5-3-6-10(16)14(9,16)13(18)15-11-7-4-8-12(15)17(11,15)19/h9-13,18H,3-8H2,1-2H3. The van der Waals surface area contributed by atoms with Gasteiger partial charge in [-0.05, 0) is 59.4 Å². The molecule has 7 aliphatic rings. The summed E-state index contributed by atoms with van der Waals surface area (Å²) < 4.78 is 0. The van der Waals surface area contributed by atoms with E-state index in [1.54, 1.807) is 0 Å². The summed E-state index contributed by atoms with van der Waals surface area (Å²) in [6.07, 6.45) is 9.02. The van der Waals surface area contributed by atoms with Crippen LogP contribution in [0.15, 0.2) is 0 Å². The van der Waals surface area contributed by atoms with Gasteiger partial charge in [-0.25, -0.2) is 0 Å². The lowest BCUT2D eigenvalue weighted by atomic mass is 9.73. The maximum absolute atomic E-state index is 11.4. The van der Waals surface area contributed by atoms with Gasteiger partial charge in [0.05, 0.1) is 14.2 Å². The van der Waals surface area contributed by atoms with Crippen molar-refractivity contribution in [1.29, 1.82) is 0 Å². The van der Waals surface area contributed by atoms with Gasteiger partial charge < -0.3 is 5.11 Å². The van der Waals surface area contributed by atoms with Crippen LogP contribution in [0.2, 0.25) is 23.2 Å². The van der Waals surface area contributed by atoms with E-state index in [-0.39, 0.29) is 6.10 Å². The Kier molecular flexibility index (Phi) is 1.08. The van der Waals surface area contributed by atoms with Gasteiger partial charge >= 0.3 is 0 Å². The molecule has 6 saturated carbocycles. The summed E-state index contributed by atoms with van der Waals surface area (Å²) in [5, 5.41) is 12.9. The van der Waals surface area contributed by atoms with E-state index in [0.29, 0.717) is 10.8 Å². The summed E-state index contributed by atoms with van der Waals surface area (Å²) in [6, 6.07) is 0. The zero-order chi connectivity index (χ0) is 12.6. The third-order valence-electron chi connectivity index (χ3n) is 10.5. The number of rotatable bonds is 0. The second-order valence-corrected chi connectivity index (χ2v) is 14.6. The van der Waals surface area contributed by atoms with Crippen molar-refractivity contribution in [3.05, 3.63) is 0 Å². The zero-order valence-electron chi connectivity index (χ0n) is 12.1. The summed E-state index contributed by atoms with van der Waals surface area (Å²) in [5.41, 5.74) is 1.04. The molecule has 19 heavy (non-hydrogen) atoms. The molecule has 1 saturated heterocycles. The molecule has 6 aliphatic carbocycles. The Morgan fingerprint density at radius 1 is 0.789 bits per heavy atom. The summed E-state index contributed by atoms with van der Waals surface area (Å²) in [5.74, 6) is 3.99. The molecule has 2 spiro atoms. The van der Waals surface area contributed by atoms with Crippen LogP contribution in [0, 0.1) is 34.5 Å². The molecule has 4 atom stereocenters. The minimum absolute atomic E-state index is 0.158. The van der Waals surface area contributed by atoms with Crippen LogP contribution in [-0.4, -0.2) is 19.3 Å². The topological polar surface area (TPSA) is 20.2 Å². The van der Waals surface area contributed by atoms with Gasteiger partial charge in [0.25, 0.3) is 0 Å². The molecule has 4 unspecified atom stereocenters. The number of hydrogen-bond acceptors (Lipinski definition) is 1. The summed E-state index contributed by atoms with van der Waals surface area (Å²) in [4.78, 5) is 0. The van der Waals surface area contributed by atoms with Gasteiger partial charge in [-0.3, -0.25) is 0 Å². The van der Waals surface area contributed by atoms with Crippen molar-refractivity contribution in [3.63, 3.8) is 0 Å². The van der Waals surface area contributed by atoms with Gasteiger partial charge in [0.2, 0.25) is 0 Å². The Labute approximate surface area is 116 Å². The van der Waals surface area contributed by atoms with Gasteiger partial charge in [-0.1, -0.05) is 25.9 Å². The molecular formula is C17H24OSi. The van der Waals surface area contributed by atoms with E-state index in [4.69, 9.17) is 0 Å². The highest BCUT2D eigenvalue weighted by molar-refractivity contribution is 6.88. The Balaban J connectivity index is 1.50. The molecular weight excluding hydrogens is 248 g/mol. The predicted molar refractivity (Wildman–Crippen MR) is 75.4 cm³/mol. The van der Waals surface area contributed by atoms with Crippen molar-refractivity contribution < 1.29 is 5.11 Å². The van der Waals surface area contributed by atoms with Crippen molar-refractivity contribution in [2.24, 2.45) is 34.5 Å². The first-order valence-electron chi connectivity index (χ1n) is 8.78. The fourth-order valence-corrected chi connectivity index (χ4v) is 19.5. The average molecular weight is 272 g/mol. The number of aliphatic hydroxyl groups excluding tert-OH is 1. The lowest BCUT2D eigenvalue weighted by molar-refractivity contribution is 0.00723. The molecule has 0 bridgehead atoms. The molecule has 1 N–H and O–H groups in total. The Bertz CT molecular complexity index is 506. The van der Waals surface area contributed by atoms with Crippen LogP contribution in [-0.2, 0) is 0 Å². The van der Waals surface area contributed by atoms with Gasteiger partial charge in [-0.15, -0.1) is 0 Å². The van der Waals surface area contributed by atoms with Gasteiger partial charge in [0, 0.05) is 10.8 Å². The van der Waals surface area contributed by atoms with Crippen molar-refractivity contribution in [2.45, 2.75) is 67.8 Å². The molecule has 0 aromatic rings. The largest absolute Gasteiger partial charge is 0.392 e. The van der Waals surface area contributed by atoms with Gasteiger partial charge in [0.15, 0.2) is 0 Å². The molecule has 7 fully saturated rings. The smallest absolute Gasteiger partial charge is 0.0669 e. The van der Waals surface area contributed by atoms with Crippen LogP contribution in [0.4, 0.5) is 0 Å². The first kappa shape index (κ1) is 10.00. The fraction of sp³-hybridized carbons (Fsp3) is 1.00. The summed E-state index contributed by atoms with van der Waals surface area (Å²) in [7, 11) is -1.16. The highest BCUT2D eigenvalue weighted by atomic mass is 28.3. The minimum Gasteiger partial charge on any atom is -0.392 e. The Morgan fingerprint density at radius 3 is 1.53 bits per heavy atom. The van der Waals surface area contributed by atoms with Gasteiger partial charge in [0.1, 0.15) is 0 Å². The first-order chi connectivity index (χ1) is 9.10. The maximum Gasteiger partial charge on any atom is 0.0669 e. The second-order valence-electron chi connectivity index (χ2n) is 9.70. The van der Waals surface area contributed by atoms with Crippen LogP contribution in [0.5, 0.6) is 0 Å². The highest BCUT2D eigenvalue weighted by Crippen LogP contribution is 3.22. The van der Waals surface area contributed by atoms with Crippen molar-refractivity contribution >= 4 is 8.07 Å². The van der Waals surface area contributed by atoms with E-state index in [0.717, 1.165) is 33.7 Å². The molecule has 0 radical (unpaired) electrons. The molecule has 0 aromatic carbocycles. The van der Waals surface area contributed by atoms with E-state index in [2.05, 4.69) is 13.1 Å². The van der Waals surface area contributed by atoms with Crippen molar-refractivity contribution in [2.75, 3.05) is 0 Å². The lowest BCUT2D eigenvalue weighted by Crippen LogP contribution is -2.43. The molecule has 1 aliphatic heterocycles. The molecule has 1 nitrogen and oxygen atoms in total. The monoisotopic (exact) mass is 272 g/mol. The lowest BCUT2D eigenvalue weighted by Gasteiger charge is -2.43. The van der Waals surface area contributed by atoms with E-state index < -0.39 is 8.07 Å². The third kappa shape index (κ3) is 0.474. The third-order valence-corrected chi connectivity index (χ3v) is 16.9. The molecule has 2 heteroatoms. The Morgan fingerprint density at radius 2 is 1.16 bits per heavy atom. The van der Waals surface area contributed by atoms with E-state index in [1.165, 1.54) is 38.5 Å². The first-order valence-corrected chi connectivity index (χ1v) is 11.8. The van der Waals surface area contributed by atoms with Crippen molar-refractivity contribution in [1.82, 2.24) is 0 Å². The fourth-order valence-electron chi connectivity index (χ4n) is 11.0. The highest BCUT2D eigenvalue weighted by Gasteiger charge is 3.18. The summed E-state index contributed by atoms with van der Waals surface area (Å²) in [6.45, 7) is 5.55. The molecule has 102 valence electrons. The van der Waals surface area contributed by atoms with E-state index in [9.17, 15) is 5.11 Å². The van der Waals surface area contributed by atoms with Crippen LogP contribution in [0.1, 0.15) is 38.5 Å². The van der Waals surface area contributed by atoms with E-state index >= 15 is 0 Å². The van der Waals surface area contributed by atoms with Crippen LogP contribution in [0.25, 0.3) is 0 Å². The molecule has 1 heterocycles. The minimum atomic E-state index is -1.16. The number of hydrogen-bond donors (Lipinski definition) is 1. The van der Waals surface area contributed by atoms with Crippen molar-refractivity contribution in [3.8, 4) is 0 Å². The SMILES string of the molecule is C[Si]1(C)C23C4CCCC2C43C(O)C23C4CCCC2C431. The van der Waals surface area contributed by atoms with E-state index in [1.807, 2.05) is 0 Å². The normalized spacial score (nSPS) is 81.9. The summed E-state index contributed by atoms with van der Waals surface area (Å²) >= 11 is 0. The zero-order valence-corrected chi connectivity index (χ0v) is 13.1. The molecule has 7 rings (SSSR count). The van der Waals surface area contributed by atoms with Crippen LogP contribution in [0.3, 0.4) is 0 Å². The quantitative estimate of drug-likeness (QED) is 0.670. The number of aliphatic hydroxyl groups is 1.